The highest BCUT2D eigenvalue weighted by molar-refractivity contribution is 5.68. The molecular formula is C21H30N+. The highest BCUT2D eigenvalue weighted by Gasteiger charge is 1.90. The van der Waals surface area contributed by atoms with Crippen molar-refractivity contribution in [3.63, 3.8) is 0 Å². The van der Waals surface area contributed by atoms with E-state index in [0.29, 0.717) is 0 Å². The number of aryl methyl sites for hydroxylation is 1. The first-order valence-corrected chi connectivity index (χ1v) is 7.91. The van der Waals surface area contributed by atoms with Crippen molar-refractivity contribution in [2.45, 2.75) is 34.1 Å². The molecule has 118 valence electrons. The minimum atomic E-state index is 0.967. The third-order valence-electron chi connectivity index (χ3n) is 3.05. The molecule has 0 spiro atoms. The van der Waals surface area contributed by atoms with Crippen LogP contribution in [0.1, 0.15) is 33.3 Å². The molecule has 0 N–H and O–H groups in total. The van der Waals surface area contributed by atoms with Crippen LogP contribution in [-0.2, 0) is 6.42 Å². The SMILES string of the molecule is C=C/C(C)=C/C=[N+](\C=C\C=C/C)CC.CCc1ccccc1. The lowest BCUT2D eigenvalue weighted by molar-refractivity contribution is -0.446. The van der Waals surface area contributed by atoms with Crippen molar-refractivity contribution in [1.29, 1.82) is 0 Å². The fraction of sp³-hybridized carbons (Fsp3) is 0.286. The zero-order chi connectivity index (χ0) is 16.6. The molecular weight excluding hydrogens is 266 g/mol. The van der Waals surface area contributed by atoms with Crippen molar-refractivity contribution >= 4 is 6.21 Å². The normalized spacial score (nSPS) is 12.4. The summed E-state index contributed by atoms with van der Waals surface area (Å²) in [6.45, 7) is 13.0. The Morgan fingerprint density at radius 3 is 2.27 bits per heavy atom. The summed E-state index contributed by atoms with van der Waals surface area (Å²) in [6.07, 6.45) is 15.2. The predicted octanol–water partition coefficient (Wildman–Crippen LogP) is 5.56. The van der Waals surface area contributed by atoms with Crippen molar-refractivity contribution in [2.75, 3.05) is 6.54 Å². The Labute approximate surface area is 136 Å². The van der Waals surface area contributed by atoms with Crippen LogP contribution < -0.4 is 0 Å². The fourth-order valence-corrected chi connectivity index (χ4v) is 1.53. The largest absolute Gasteiger partial charge is 0.205 e. The molecule has 1 heteroatoms. The Kier molecular flexibility index (Phi) is 12.5. The highest BCUT2D eigenvalue weighted by Crippen LogP contribution is 1.96. The van der Waals surface area contributed by atoms with Gasteiger partial charge in [0.1, 0.15) is 6.54 Å². The molecule has 0 unspecified atom stereocenters. The molecule has 0 aliphatic carbocycles. The first-order chi connectivity index (χ1) is 10.7. The van der Waals surface area contributed by atoms with Gasteiger partial charge in [0.05, 0.1) is 0 Å². The van der Waals surface area contributed by atoms with Gasteiger partial charge in [-0.25, -0.2) is 4.58 Å². The van der Waals surface area contributed by atoms with Crippen LogP contribution in [0.4, 0.5) is 0 Å². The molecule has 22 heavy (non-hydrogen) atoms. The maximum atomic E-state index is 3.70. The van der Waals surface area contributed by atoms with Crippen LogP contribution in [0.3, 0.4) is 0 Å². The van der Waals surface area contributed by atoms with E-state index >= 15 is 0 Å². The Morgan fingerprint density at radius 1 is 1.14 bits per heavy atom. The quantitative estimate of drug-likeness (QED) is 0.367. The molecule has 0 amide bonds. The van der Waals surface area contributed by atoms with Gasteiger partial charge in [-0.3, -0.25) is 0 Å². The Balaban J connectivity index is 0.000000461. The second-order valence-corrected chi connectivity index (χ2v) is 4.80. The van der Waals surface area contributed by atoms with E-state index in [2.05, 4.69) is 61.6 Å². The van der Waals surface area contributed by atoms with E-state index in [0.717, 1.165) is 13.0 Å². The number of hydrogen-bond acceptors (Lipinski definition) is 0. The lowest BCUT2D eigenvalue weighted by Crippen LogP contribution is -2.03. The van der Waals surface area contributed by atoms with Crippen molar-refractivity contribution in [2.24, 2.45) is 0 Å². The van der Waals surface area contributed by atoms with E-state index in [4.69, 9.17) is 0 Å². The van der Waals surface area contributed by atoms with Crippen LogP contribution in [0.2, 0.25) is 0 Å². The summed E-state index contributed by atoms with van der Waals surface area (Å²) >= 11 is 0. The van der Waals surface area contributed by atoms with Crippen LogP contribution in [0, 0.1) is 0 Å². The van der Waals surface area contributed by atoms with E-state index in [1.807, 2.05) is 50.4 Å². The minimum Gasteiger partial charge on any atom is -0.205 e. The van der Waals surface area contributed by atoms with E-state index in [-0.39, 0.29) is 0 Å². The topological polar surface area (TPSA) is 3.01 Å². The van der Waals surface area contributed by atoms with Crippen molar-refractivity contribution in [3.05, 3.63) is 84.6 Å². The summed E-state index contributed by atoms with van der Waals surface area (Å²) < 4.78 is 2.12. The van der Waals surface area contributed by atoms with E-state index in [1.165, 1.54) is 11.1 Å². The van der Waals surface area contributed by atoms with Crippen molar-refractivity contribution in [1.82, 2.24) is 0 Å². The molecule has 0 saturated carbocycles. The molecule has 0 fully saturated rings. The van der Waals surface area contributed by atoms with Gasteiger partial charge in [-0.1, -0.05) is 62.1 Å². The lowest BCUT2D eigenvalue weighted by atomic mass is 10.2. The number of hydrogen-bond donors (Lipinski definition) is 0. The monoisotopic (exact) mass is 296 g/mol. The number of benzene rings is 1. The molecule has 0 atom stereocenters. The second-order valence-electron chi connectivity index (χ2n) is 4.80. The molecule has 0 radical (unpaired) electrons. The Bertz CT molecular complexity index is 516. The molecule has 0 bridgehead atoms. The zero-order valence-electron chi connectivity index (χ0n) is 14.5. The van der Waals surface area contributed by atoms with Gasteiger partial charge < -0.3 is 0 Å². The summed E-state index contributed by atoms with van der Waals surface area (Å²) in [4.78, 5) is 0. The zero-order valence-corrected chi connectivity index (χ0v) is 14.5. The standard InChI is InChI=1S/C13H20N.C8H10/c1-5-8-9-11-14(7-3)12-10-13(4)6-2;1-2-8-6-4-3-5-7-8/h5-6,8-12H,2,7H2,1,3-4H3;3-7H,2H2,1H3/q+1;/b8-5-,11-9+,13-10+,14-12-;. The third kappa shape index (κ3) is 10.6. The summed E-state index contributed by atoms with van der Waals surface area (Å²) in [5.74, 6) is 0. The van der Waals surface area contributed by atoms with Gasteiger partial charge in [0.25, 0.3) is 0 Å². The first-order valence-electron chi connectivity index (χ1n) is 7.91. The molecule has 1 aromatic carbocycles. The molecule has 0 saturated heterocycles. The van der Waals surface area contributed by atoms with Crippen LogP contribution in [0.5, 0.6) is 0 Å². The molecule has 0 aliphatic heterocycles. The van der Waals surface area contributed by atoms with Gasteiger partial charge in [-0.2, -0.15) is 0 Å². The van der Waals surface area contributed by atoms with Crippen LogP contribution in [-0.4, -0.2) is 17.3 Å². The summed E-state index contributed by atoms with van der Waals surface area (Å²) in [7, 11) is 0. The Morgan fingerprint density at radius 2 is 1.82 bits per heavy atom. The number of allylic oxidation sites excluding steroid dienone is 6. The number of nitrogens with zero attached hydrogens (tertiary/aromatic N) is 1. The molecule has 1 aromatic rings. The van der Waals surface area contributed by atoms with Gasteiger partial charge in [-0.05, 0) is 38.3 Å². The maximum absolute atomic E-state index is 3.70. The van der Waals surface area contributed by atoms with Crippen LogP contribution in [0.25, 0.3) is 0 Å². The molecule has 1 rings (SSSR count). The molecule has 0 aliphatic rings. The molecule has 0 heterocycles. The average Bonchev–Trinajstić information content (AvgIpc) is 2.59. The minimum absolute atomic E-state index is 0.967. The predicted molar refractivity (Wildman–Crippen MR) is 101 cm³/mol. The van der Waals surface area contributed by atoms with Gasteiger partial charge in [-0.15, -0.1) is 0 Å². The van der Waals surface area contributed by atoms with E-state index in [9.17, 15) is 0 Å². The Hall–Kier alpha value is -2.15. The van der Waals surface area contributed by atoms with Crippen molar-refractivity contribution < 1.29 is 4.58 Å². The fourth-order valence-electron chi connectivity index (χ4n) is 1.53. The van der Waals surface area contributed by atoms with Crippen LogP contribution >= 0.6 is 0 Å². The maximum Gasteiger partial charge on any atom is 0.169 e. The second kappa shape index (κ2) is 13.8. The summed E-state index contributed by atoms with van der Waals surface area (Å²) in [5, 5.41) is 0. The lowest BCUT2D eigenvalue weighted by Gasteiger charge is -1.89. The highest BCUT2D eigenvalue weighted by atomic mass is 15.0. The molecule has 1 nitrogen and oxygen atoms in total. The van der Waals surface area contributed by atoms with Gasteiger partial charge in [0.15, 0.2) is 12.4 Å². The first kappa shape index (κ1) is 19.9. The van der Waals surface area contributed by atoms with Gasteiger partial charge in [0.2, 0.25) is 0 Å². The van der Waals surface area contributed by atoms with Gasteiger partial charge >= 0.3 is 0 Å². The number of rotatable bonds is 6. The summed E-state index contributed by atoms with van der Waals surface area (Å²) in [6, 6.07) is 10.5. The summed E-state index contributed by atoms with van der Waals surface area (Å²) in [5.41, 5.74) is 2.58. The van der Waals surface area contributed by atoms with Gasteiger partial charge in [0, 0.05) is 12.2 Å². The van der Waals surface area contributed by atoms with Crippen LogP contribution in [0.15, 0.2) is 79.1 Å². The molecule has 0 aromatic heterocycles. The van der Waals surface area contributed by atoms with Crippen molar-refractivity contribution in [3.8, 4) is 0 Å². The van der Waals surface area contributed by atoms with E-state index in [1.54, 1.807) is 0 Å². The smallest absolute Gasteiger partial charge is 0.169 e. The average molecular weight is 296 g/mol. The third-order valence-corrected chi connectivity index (χ3v) is 3.05. The van der Waals surface area contributed by atoms with E-state index < -0.39 is 0 Å².